The first-order valence-corrected chi connectivity index (χ1v) is 17.4. The molecule has 10 aromatic carbocycles. The lowest BCUT2D eigenvalue weighted by molar-refractivity contribution is 1.64. The highest BCUT2D eigenvalue weighted by Gasteiger charge is 2.19. The van der Waals surface area contributed by atoms with Crippen LogP contribution in [0.4, 0.5) is 0 Å². The van der Waals surface area contributed by atoms with Gasteiger partial charge < -0.3 is 0 Å². The second-order valence-corrected chi connectivity index (χ2v) is 13.2. The SMILES string of the molecule is c1ccc(-c2c3ccccc3c(-c3ccccc3)c3cc(-c4cccc5c4ccc4c(-c6ccccc6)c6ccccc6cc45)ccc23)cc1. The van der Waals surface area contributed by atoms with Crippen molar-refractivity contribution in [1.29, 1.82) is 0 Å². The summed E-state index contributed by atoms with van der Waals surface area (Å²) in [5, 5.41) is 12.7. The maximum Gasteiger partial charge on any atom is -0.00262 e. The van der Waals surface area contributed by atoms with Gasteiger partial charge in [0.05, 0.1) is 0 Å². The van der Waals surface area contributed by atoms with Gasteiger partial charge in [-0.3, -0.25) is 0 Å². The van der Waals surface area contributed by atoms with Crippen molar-refractivity contribution in [3.63, 3.8) is 0 Å². The first kappa shape index (κ1) is 28.5. The lowest BCUT2D eigenvalue weighted by Crippen LogP contribution is -1.92. The van der Waals surface area contributed by atoms with Crippen LogP contribution in [-0.4, -0.2) is 0 Å². The highest BCUT2D eigenvalue weighted by atomic mass is 14.2. The zero-order chi connectivity index (χ0) is 33.0. The van der Waals surface area contributed by atoms with Gasteiger partial charge in [0.25, 0.3) is 0 Å². The number of hydrogen-bond acceptors (Lipinski definition) is 0. The maximum absolute atomic E-state index is 2.44. The van der Waals surface area contributed by atoms with E-state index in [0.717, 1.165) is 0 Å². The minimum absolute atomic E-state index is 1.22. The molecule has 0 amide bonds. The molecule has 0 saturated carbocycles. The Kier molecular flexibility index (Phi) is 6.60. The van der Waals surface area contributed by atoms with Crippen LogP contribution in [0, 0.1) is 0 Å². The van der Waals surface area contributed by atoms with Gasteiger partial charge in [0.2, 0.25) is 0 Å². The predicted octanol–water partition coefficient (Wildman–Crippen LogP) is 14.1. The Morgan fingerprint density at radius 3 is 1.28 bits per heavy atom. The molecule has 0 heterocycles. The average Bonchev–Trinajstić information content (AvgIpc) is 3.19. The van der Waals surface area contributed by atoms with Crippen molar-refractivity contribution in [1.82, 2.24) is 0 Å². The molecule has 0 unspecified atom stereocenters. The van der Waals surface area contributed by atoms with Crippen molar-refractivity contribution >= 4 is 53.9 Å². The molecule has 0 fully saturated rings. The van der Waals surface area contributed by atoms with Crippen LogP contribution in [-0.2, 0) is 0 Å². The van der Waals surface area contributed by atoms with E-state index < -0.39 is 0 Å². The fourth-order valence-electron chi connectivity index (χ4n) is 8.25. The highest BCUT2D eigenvalue weighted by molar-refractivity contribution is 6.24. The quantitative estimate of drug-likeness (QED) is 0.134. The summed E-state index contributed by atoms with van der Waals surface area (Å²) in [4.78, 5) is 0. The van der Waals surface area contributed by atoms with E-state index >= 15 is 0 Å². The van der Waals surface area contributed by atoms with Crippen molar-refractivity contribution in [2.45, 2.75) is 0 Å². The molecule has 232 valence electrons. The fourth-order valence-corrected chi connectivity index (χ4v) is 8.25. The fraction of sp³-hybridized carbons (Fsp3) is 0. The molecule has 50 heavy (non-hydrogen) atoms. The molecule has 0 N–H and O–H groups in total. The van der Waals surface area contributed by atoms with E-state index in [0.29, 0.717) is 0 Å². The molecule has 0 aliphatic carbocycles. The largest absolute Gasteiger partial charge is 0.0622 e. The second kappa shape index (κ2) is 11.6. The van der Waals surface area contributed by atoms with Gasteiger partial charge in [0.15, 0.2) is 0 Å². The van der Waals surface area contributed by atoms with Crippen LogP contribution in [0.15, 0.2) is 194 Å². The van der Waals surface area contributed by atoms with E-state index in [4.69, 9.17) is 0 Å². The molecule has 0 nitrogen and oxygen atoms in total. The molecule has 10 rings (SSSR count). The Bertz CT molecular complexity index is 2880. The third-order valence-corrected chi connectivity index (χ3v) is 10.4. The van der Waals surface area contributed by atoms with Crippen molar-refractivity contribution in [3.05, 3.63) is 194 Å². The Labute approximate surface area is 291 Å². The molecule has 0 bridgehead atoms. The third kappa shape index (κ3) is 4.46. The van der Waals surface area contributed by atoms with Crippen molar-refractivity contribution in [2.75, 3.05) is 0 Å². The molecule has 0 heteroatoms. The third-order valence-electron chi connectivity index (χ3n) is 10.4. The van der Waals surface area contributed by atoms with E-state index in [1.165, 1.54) is 98.4 Å². The Morgan fingerprint density at radius 1 is 0.200 bits per heavy atom. The minimum atomic E-state index is 1.22. The second-order valence-electron chi connectivity index (χ2n) is 13.2. The first-order chi connectivity index (χ1) is 24.8. The smallest absolute Gasteiger partial charge is 0.00262 e. The van der Waals surface area contributed by atoms with Gasteiger partial charge in [-0.1, -0.05) is 182 Å². The number of benzene rings is 10. The molecule has 0 aliphatic rings. The zero-order valence-corrected chi connectivity index (χ0v) is 27.5. The average molecular weight is 633 g/mol. The number of fused-ring (bicyclic) bond motifs is 6. The van der Waals surface area contributed by atoms with Gasteiger partial charge in [-0.2, -0.15) is 0 Å². The molecule has 0 aliphatic heterocycles. The summed E-state index contributed by atoms with van der Waals surface area (Å²) in [5.41, 5.74) is 10.0. The van der Waals surface area contributed by atoms with Crippen LogP contribution in [0.2, 0.25) is 0 Å². The molecule has 10 aromatic rings. The van der Waals surface area contributed by atoms with E-state index in [9.17, 15) is 0 Å². The van der Waals surface area contributed by atoms with Crippen molar-refractivity contribution < 1.29 is 0 Å². The molecule has 0 radical (unpaired) electrons. The lowest BCUT2D eigenvalue weighted by atomic mass is 9.84. The summed E-state index contributed by atoms with van der Waals surface area (Å²) < 4.78 is 0. The summed E-state index contributed by atoms with van der Waals surface area (Å²) in [6.45, 7) is 0. The summed E-state index contributed by atoms with van der Waals surface area (Å²) in [6, 6.07) is 71.2. The molecule has 0 spiro atoms. The number of rotatable bonds is 4. The van der Waals surface area contributed by atoms with Gasteiger partial charge in [0, 0.05) is 0 Å². The molecular weight excluding hydrogens is 601 g/mol. The van der Waals surface area contributed by atoms with Crippen molar-refractivity contribution in [2.24, 2.45) is 0 Å². The van der Waals surface area contributed by atoms with Crippen molar-refractivity contribution in [3.8, 4) is 44.5 Å². The standard InChI is InChI=1S/C50H32/c1-4-15-33(16-5-1)48-39-22-11-10-21-36(39)31-46-40-26-14-25-38(41(40)29-30-44(46)48)37-27-28-45-47(32-37)50(35-19-8-3-9-20-35)43-24-13-12-23-42(43)49(45)34-17-6-2-7-18-34/h1-32H. The molecular formula is C50H32. The Morgan fingerprint density at radius 2 is 0.640 bits per heavy atom. The monoisotopic (exact) mass is 632 g/mol. The molecule has 0 saturated heterocycles. The molecule has 0 aromatic heterocycles. The first-order valence-electron chi connectivity index (χ1n) is 17.4. The van der Waals surface area contributed by atoms with Crippen LogP contribution >= 0.6 is 0 Å². The summed E-state index contributed by atoms with van der Waals surface area (Å²) in [6.07, 6.45) is 0. The van der Waals surface area contributed by atoms with Crippen LogP contribution in [0.25, 0.3) is 98.4 Å². The normalized spacial score (nSPS) is 11.6. The van der Waals surface area contributed by atoms with Crippen LogP contribution in [0.1, 0.15) is 0 Å². The topological polar surface area (TPSA) is 0 Å². The van der Waals surface area contributed by atoms with E-state index in [-0.39, 0.29) is 0 Å². The lowest BCUT2D eigenvalue weighted by Gasteiger charge is -2.19. The van der Waals surface area contributed by atoms with Crippen LogP contribution in [0.3, 0.4) is 0 Å². The van der Waals surface area contributed by atoms with Gasteiger partial charge in [-0.05, 0) is 111 Å². The van der Waals surface area contributed by atoms with Gasteiger partial charge >= 0.3 is 0 Å². The van der Waals surface area contributed by atoms with E-state index in [2.05, 4.69) is 194 Å². The molecule has 0 atom stereocenters. The summed E-state index contributed by atoms with van der Waals surface area (Å²) in [7, 11) is 0. The summed E-state index contributed by atoms with van der Waals surface area (Å²) in [5.74, 6) is 0. The Balaban J connectivity index is 1.28. The van der Waals surface area contributed by atoms with E-state index in [1.807, 2.05) is 0 Å². The minimum Gasteiger partial charge on any atom is -0.0622 e. The summed E-state index contributed by atoms with van der Waals surface area (Å²) >= 11 is 0. The van der Waals surface area contributed by atoms with Crippen LogP contribution < -0.4 is 0 Å². The Hall–Kier alpha value is -6.50. The number of hydrogen-bond donors (Lipinski definition) is 0. The van der Waals surface area contributed by atoms with Gasteiger partial charge in [0.1, 0.15) is 0 Å². The predicted molar refractivity (Wildman–Crippen MR) is 216 cm³/mol. The zero-order valence-electron chi connectivity index (χ0n) is 27.5. The highest BCUT2D eigenvalue weighted by Crippen LogP contribution is 2.46. The van der Waals surface area contributed by atoms with E-state index in [1.54, 1.807) is 0 Å². The van der Waals surface area contributed by atoms with Gasteiger partial charge in [-0.15, -0.1) is 0 Å². The van der Waals surface area contributed by atoms with Crippen LogP contribution in [0.5, 0.6) is 0 Å². The maximum atomic E-state index is 2.44. The van der Waals surface area contributed by atoms with Gasteiger partial charge in [-0.25, -0.2) is 0 Å².